The molecule has 1 aromatic carbocycles. The third kappa shape index (κ3) is 2.21. The van der Waals surface area contributed by atoms with Crippen molar-refractivity contribution < 1.29 is 17.6 Å². The lowest BCUT2D eigenvalue weighted by atomic mass is 10.1. The lowest BCUT2D eigenvalue weighted by Crippen LogP contribution is -2.10. The van der Waals surface area contributed by atoms with Crippen LogP contribution in [0, 0.1) is 5.82 Å². The Labute approximate surface area is 99.8 Å². The van der Waals surface area contributed by atoms with E-state index in [2.05, 4.69) is 5.10 Å². The highest BCUT2D eigenvalue weighted by Crippen LogP contribution is 2.28. The molecule has 0 aliphatic rings. The van der Waals surface area contributed by atoms with E-state index < -0.39 is 17.7 Å². The van der Waals surface area contributed by atoms with Crippen molar-refractivity contribution in [3.63, 3.8) is 0 Å². The fourth-order valence-corrected chi connectivity index (χ4v) is 1.57. The third-order valence-corrected chi connectivity index (χ3v) is 2.42. The van der Waals surface area contributed by atoms with Crippen molar-refractivity contribution >= 4 is 0 Å². The van der Waals surface area contributed by atoms with Crippen molar-refractivity contribution in [3.05, 3.63) is 47.5 Å². The summed E-state index contributed by atoms with van der Waals surface area (Å²) >= 11 is 0. The molecule has 1 aromatic heterocycles. The Bertz CT molecular complexity index is 560. The van der Waals surface area contributed by atoms with Crippen LogP contribution in [-0.2, 0) is 12.7 Å². The first kappa shape index (κ1) is 12.6. The predicted octanol–water partition coefficient (Wildman–Crippen LogP) is 2.49. The Morgan fingerprint density at radius 1 is 1.22 bits per heavy atom. The standard InChI is InChI=1S/C11H9F4N3/c12-8-2-1-3-9(7(8)6-16)18-5-4-10(17-18)11(13,14)15/h1-5H,6,16H2. The van der Waals surface area contributed by atoms with Crippen LogP contribution in [0.4, 0.5) is 17.6 Å². The van der Waals surface area contributed by atoms with Crippen molar-refractivity contribution in [2.75, 3.05) is 0 Å². The summed E-state index contributed by atoms with van der Waals surface area (Å²) in [5.74, 6) is -0.570. The highest BCUT2D eigenvalue weighted by atomic mass is 19.4. The number of alkyl halides is 3. The third-order valence-electron chi connectivity index (χ3n) is 2.42. The molecule has 0 aliphatic carbocycles. The summed E-state index contributed by atoms with van der Waals surface area (Å²) in [5, 5.41) is 3.37. The summed E-state index contributed by atoms with van der Waals surface area (Å²) in [6, 6.07) is 4.86. The highest BCUT2D eigenvalue weighted by molar-refractivity contribution is 5.41. The number of rotatable bonds is 2. The van der Waals surface area contributed by atoms with Gasteiger partial charge in [-0.15, -0.1) is 0 Å². The van der Waals surface area contributed by atoms with Gasteiger partial charge in [-0.25, -0.2) is 9.07 Å². The van der Waals surface area contributed by atoms with Gasteiger partial charge in [-0.1, -0.05) is 6.07 Å². The first-order chi connectivity index (χ1) is 8.43. The molecule has 96 valence electrons. The Kier molecular flexibility index (Phi) is 3.08. The van der Waals surface area contributed by atoms with Crippen molar-refractivity contribution in [2.45, 2.75) is 12.7 Å². The second-order valence-corrected chi connectivity index (χ2v) is 3.58. The van der Waals surface area contributed by atoms with Crippen LogP contribution in [-0.4, -0.2) is 9.78 Å². The van der Waals surface area contributed by atoms with Crippen LogP contribution in [0.15, 0.2) is 30.5 Å². The fourth-order valence-electron chi connectivity index (χ4n) is 1.57. The monoisotopic (exact) mass is 259 g/mol. The molecule has 0 aliphatic heterocycles. The number of benzene rings is 1. The molecule has 0 atom stereocenters. The van der Waals surface area contributed by atoms with Gasteiger partial charge >= 0.3 is 6.18 Å². The van der Waals surface area contributed by atoms with E-state index in [4.69, 9.17) is 5.73 Å². The number of aromatic nitrogens is 2. The van der Waals surface area contributed by atoms with Gasteiger partial charge in [0.25, 0.3) is 0 Å². The summed E-state index contributed by atoms with van der Waals surface area (Å²) in [6.07, 6.45) is -3.40. The first-order valence-corrected chi connectivity index (χ1v) is 5.04. The molecule has 2 rings (SSSR count). The van der Waals surface area contributed by atoms with E-state index in [1.807, 2.05) is 0 Å². The SMILES string of the molecule is NCc1c(F)cccc1-n1ccc(C(F)(F)F)n1. The van der Waals surface area contributed by atoms with Gasteiger partial charge in [0.2, 0.25) is 0 Å². The summed E-state index contributed by atoms with van der Waals surface area (Å²) in [6.45, 7) is -0.122. The molecule has 7 heteroatoms. The van der Waals surface area contributed by atoms with Gasteiger partial charge in [0, 0.05) is 18.3 Å². The van der Waals surface area contributed by atoms with E-state index in [0.29, 0.717) is 0 Å². The van der Waals surface area contributed by atoms with Crippen LogP contribution in [0.1, 0.15) is 11.3 Å². The lowest BCUT2D eigenvalue weighted by molar-refractivity contribution is -0.141. The summed E-state index contributed by atoms with van der Waals surface area (Å²) in [4.78, 5) is 0. The van der Waals surface area contributed by atoms with Crippen LogP contribution in [0.2, 0.25) is 0 Å². The molecule has 0 spiro atoms. The molecule has 0 unspecified atom stereocenters. The molecule has 0 bridgehead atoms. The van der Waals surface area contributed by atoms with Gasteiger partial charge in [0.05, 0.1) is 5.69 Å². The van der Waals surface area contributed by atoms with E-state index in [1.54, 1.807) is 0 Å². The molecule has 18 heavy (non-hydrogen) atoms. The number of hydrogen-bond acceptors (Lipinski definition) is 2. The molecule has 0 amide bonds. The van der Waals surface area contributed by atoms with Gasteiger partial charge < -0.3 is 5.73 Å². The Hall–Kier alpha value is -1.89. The first-order valence-electron chi connectivity index (χ1n) is 5.04. The Balaban J connectivity index is 2.50. The maximum absolute atomic E-state index is 13.4. The molecule has 2 N–H and O–H groups in total. The number of halogens is 4. The minimum absolute atomic E-state index is 0.120. The highest BCUT2D eigenvalue weighted by Gasteiger charge is 2.33. The summed E-state index contributed by atoms with van der Waals surface area (Å²) in [7, 11) is 0. The van der Waals surface area contributed by atoms with Crippen LogP contribution in [0.5, 0.6) is 0 Å². The van der Waals surface area contributed by atoms with Crippen molar-refractivity contribution in [2.24, 2.45) is 5.73 Å². The van der Waals surface area contributed by atoms with Crippen LogP contribution >= 0.6 is 0 Å². The van der Waals surface area contributed by atoms with E-state index in [-0.39, 0.29) is 17.8 Å². The van der Waals surface area contributed by atoms with Crippen molar-refractivity contribution in [3.8, 4) is 5.69 Å². The molecule has 3 nitrogen and oxygen atoms in total. The van der Waals surface area contributed by atoms with Gasteiger partial charge in [-0.05, 0) is 18.2 Å². The zero-order chi connectivity index (χ0) is 13.3. The fraction of sp³-hybridized carbons (Fsp3) is 0.182. The Morgan fingerprint density at radius 2 is 1.94 bits per heavy atom. The van der Waals surface area contributed by atoms with E-state index in [9.17, 15) is 17.6 Å². The zero-order valence-electron chi connectivity index (χ0n) is 9.08. The second-order valence-electron chi connectivity index (χ2n) is 3.58. The maximum Gasteiger partial charge on any atom is 0.435 e. The summed E-state index contributed by atoms with van der Waals surface area (Å²) in [5.41, 5.74) is 4.67. The lowest BCUT2D eigenvalue weighted by Gasteiger charge is -2.08. The van der Waals surface area contributed by atoms with E-state index in [0.717, 1.165) is 16.9 Å². The molecule has 0 radical (unpaired) electrons. The largest absolute Gasteiger partial charge is 0.435 e. The van der Waals surface area contributed by atoms with Crippen molar-refractivity contribution in [1.82, 2.24) is 9.78 Å². The molecule has 1 heterocycles. The quantitative estimate of drug-likeness (QED) is 0.842. The van der Waals surface area contributed by atoms with E-state index >= 15 is 0 Å². The van der Waals surface area contributed by atoms with Gasteiger partial charge in [0.15, 0.2) is 5.69 Å². The normalized spacial score (nSPS) is 11.8. The van der Waals surface area contributed by atoms with Gasteiger partial charge in [-0.3, -0.25) is 0 Å². The number of hydrogen-bond donors (Lipinski definition) is 1. The van der Waals surface area contributed by atoms with Gasteiger partial charge in [-0.2, -0.15) is 18.3 Å². The van der Waals surface area contributed by atoms with Crippen molar-refractivity contribution in [1.29, 1.82) is 0 Å². The number of nitrogens with zero attached hydrogens (tertiary/aromatic N) is 2. The van der Waals surface area contributed by atoms with Crippen LogP contribution in [0.25, 0.3) is 5.69 Å². The van der Waals surface area contributed by atoms with E-state index in [1.165, 1.54) is 18.2 Å². The molecular weight excluding hydrogens is 250 g/mol. The maximum atomic E-state index is 13.4. The molecule has 2 aromatic rings. The molecular formula is C11H9F4N3. The zero-order valence-corrected chi connectivity index (χ0v) is 9.08. The molecule has 0 saturated heterocycles. The number of nitrogens with two attached hydrogens (primary N) is 1. The van der Waals surface area contributed by atoms with Crippen LogP contribution < -0.4 is 5.73 Å². The minimum atomic E-state index is -4.53. The predicted molar refractivity (Wildman–Crippen MR) is 56.4 cm³/mol. The molecule has 0 saturated carbocycles. The summed E-state index contributed by atoms with van der Waals surface area (Å²) < 4.78 is 51.6. The van der Waals surface area contributed by atoms with Crippen LogP contribution in [0.3, 0.4) is 0 Å². The molecule has 0 fully saturated rings. The Morgan fingerprint density at radius 3 is 2.50 bits per heavy atom. The smallest absolute Gasteiger partial charge is 0.326 e. The average Bonchev–Trinajstić information content (AvgIpc) is 2.77. The van der Waals surface area contributed by atoms with Gasteiger partial charge in [0.1, 0.15) is 5.82 Å². The second kappa shape index (κ2) is 4.41. The minimum Gasteiger partial charge on any atom is -0.326 e. The topological polar surface area (TPSA) is 43.8 Å². The average molecular weight is 259 g/mol.